The van der Waals surface area contributed by atoms with Crippen LogP contribution in [0.4, 0.5) is 0 Å². The SMILES string of the molecule is CC(C)(C)c1ccc(-c2c3nc(c(-c4ccc(C(C)(C)C)cc4)c4ccc([nH]4)c(-c4ccc(C(C)(C)C)cc4)c4nc(c(-c5ccc(OCCCCCCCCCCCS)cc5)c5ccc2[nH]5)C=C4)C=C3)cc1. The van der Waals surface area contributed by atoms with Gasteiger partial charge in [-0.05, 0) is 134 Å². The Morgan fingerprint density at radius 2 is 0.630 bits per heavy atom. The Labute approximate surface area is 441 Å². The number of hydrogen-bond acceptors (Lipinski definition) is 4. The Hall–Kier alpha value is -6.37. The van der Waals surface area contributed by atoms with Gasteiger partial charge in [-0.3, -0.25) is 0 Å². The van der Waals surface area contributed by atoms with Gasteiger partial charge in [0.05, 0.1) is 29.4 Å². The van der Waals surface area contributed by atoms with E-state index < -0.39 is 0 Å². The van der Waals surface area contributed by atoms with E-state index in [-0.39, 0.29) is 16.2 Å². The molecule has 0 aliphatic carbocycles. The second-order valence-corrected chi connectivity index (χ2v) is 23.7. The molecule has 3 aromatic heterocycles. The molecule has 376 valence electrons. The second-order valence-electron chi connectivity index (χ2n) is 23.3. The van der Waals surface area contributed by atoms with Crippen molar-refractivity contribution >= 4 is 59.0 Å². The number of aromatic nitrogens is 4. The number of H-pyrrole nitrogens is 2. The van der Waals surface area contributed by atoms with Gasteiger partial charge in [0.1, 0.15) is 5.75 Å². The smallest absolute Gasteiger partial charge is 0.119 e. The number of benzene rings is 4. The molecule has 5 nitrogen and oxygen atoms in total. The molecule has 9 rings (SSSR count). The van der Waals surface area contributed by atoms with Gasteiger partial charge in [0.25, 0.3) is 0 Å². The Bertz CT molecular complexity index is 3200. The predicted octanol–water partition coefficient (Wildman–Crippen LogP) is 19.0. The third kappa shape index (κ3) is 12.0. The standard InChI is InChI=1S/C67H76N4OS/c1-65(2,3)49-27-19-45(20-28-49)61-53-35-37-55(68-53)62(46-21-29-50(30-22-46)66(4,5)6)57-39-41-59(70-57)64(48-25-33-52(34-26-48)72-43-17-15-13-11-10-12-14-16-18-44-73)60-42-40-58(71-60)63(56-38-36-54(61)69-56)47-23-31-51(32-24-47)67(7,8)9/h19-42,68,71,73H,10-18,43-44H2,1-9H3. The summed E-state index contributed by atoms with van der Waals surface area (Å²) in [5.74, 6) is 1.89. The molecule has 0 amide bonds. The average molecular weight is 985 g/mol. The first kappa shape index (κ1) is 51.5. The number of aromatic amines is 2. The zero-order valence-corrected chi connectivity index (χ0v) is 45.8. The Kier molecular flexibility index (Phi) is 15.5. The van der Waals surface area contributed by atoms with Gasteiger partial charge in [-0.1, -0.05) is 192 Å². The quantitative estimate of drug-likeness (QED) is 0.0667. The van der Waals surface area contributed by atoms with E-state index in [1.807, 2.05) is 0 Å². The molecule has 7 aromatic rings. The van der Waals surface area contributed by atoms with Crippen molar-refractivity contribution in [1.82, 2.24) is 19.9 Å². The number of hydrogen-bond donors (Lipinski definition) is 3. The molecule has 0 unspecified atom stereocenters. The first-order chi connectivity index (χ1) is 35.0. The summed E-state index contributed by atoms with van der Waals surface area (Å²) in [5, 5.41) is 0. The topological polar surface area (TPSA) is 66.6 Å². The summed E-state index contributed by atoms with van der Waals surface area (Å²) in [6.07, 6.45) is 20.1. The van der Waals surface area contributed by atoms with Crippen molar-refractivity contribution in [3.05, 3.63) is 161 Å². The van der Waals surface area contributed by atoms with E-state index in [0.29, 0.717) is 0 Å². The highest BCUT2D eigenvalue weighted by atomic mass is 32.1. The maximum atomic E-state index is 6.34. The van der Waals surface area contributed by atoms with Crippen LogP contribution in [0, 0.1) is 0 Å². The van der Waals surface area contributed by atoms with Crippen LogP contribution in [0.3, 0.4) is 0 Å². The molecule has 0 spiro atoms. The fourth-order valence-electron chi connectivity index (χ4n) is 10.2. The van der Waals surface area contributed by atoms with Crippen molar-refractivity contribution in [3.8, 4) is 50.3 Å². The van der Waals surface area contributed by atoms with Crippen molar-refractivity contribution in [2.45, 2.75) is 136 Å². The third-order valence-corrected chi connectivity index (χ3v) is 14.9. The highest BCUT2D eigenvalue weighted by Crippen LogP contribution is 2.40. The van der Waals surface area contributed by atoms with Crippen molar-refractivity contribution < 1.29 is 4.74 Å². The van der Waals surface area contributed by atoms with Crippen LogP contribution in [0.15, 0.2) is 121 Å². The van der Waals surface area contributed by atoms with Gasteiger partial charge in [-0.15, -0.1) is 0 Å². The van der Waals surface area contributed by atoms with E-state index in [0.717, 1.165) is 114 Å². The summed E-state index contributed by atoms with van der Waals surface area (Å²) < 4.78 is 6.34. The molecule has 2 aliphatic rings. The van der Waals surface area contributed by atoms with E-state index in [1.54, 1.807) is 0 Å². The van der Waals surface area contributed by atoms with Gasteiger partial charge in [-0.2, -0.15) is 12.6 Å². The van der Waals surface area contributed by atoms with E-state index in [2.05, 4.69) is 231 Å². The monoisotopic (exact) mass is 985 g/mol. The highest BCUT2D eigenvalue weighted by molar-refractivity contribution is 7.80. The largest absolute Gasteiger partial charge is 0.494 e. The van der Waals surface area contributed by atoms with Crippen molar-refractivity contribution in [2.75, 3.05) is 12.4 Å². The summed E-state index contributed by atoms with van der Waals surface area (Å²) in [6.45, 7) is 21.1. The fourth-order valence-corrected chi connectivity index (χ4v) is 10.4. The maximum Gasteiger partial charge on any atom is 0.119 e. The van der Waals surface area contributed by atoms with Crippen molar-refractivity contribution in [1.29, 1.82) is 0 Å². The van der Waals surface area contributed by atoms with Crippen LogP contribution in [0.2, 0.25) is 0 Å². The van der Waals surface area contributed by atoms with Crippen molar-refractivity contribution in [3.63, 3.8) is 0 Å². The van der Waals surface area contributed by atoms with Crippen LogP contribution in [-0.2, 0) is 16.2 Å². The van der Waals surface area contributed by atoms with Crippen LogP contribution >= 0.6 is 12.6 Å². The molecule has 4 aromatic carbocycles. The third-order valence-electron chi connectivity index (χ3n) is 14.6. The number of fused-ring (bicyclic) bond motifs is 8. The Balaban J connectivity index is 1.22. The lowest BCUT2D eigenvalue weighted by molar-refractivity contribution is 0.304. The van der Waals surface area contributed by atoms with Crippen LogP contribution < -0.4 is 4.74 Å². The first-order valence-corrected chi connectivity index (χ1v) is 27.5. The van der Waals surface area contributed by atoms with Crippen LogP contribution in [0.5, 0.6) is 5.75 Å². The summed E-state index contributed by atoms with van der Waals surface area (Å²) in [5.41, 5.74) is 19.9. The van der Waals surface area contributed by atoms with Crippen LogP contribution in [0.1, 0.15) is 160 Å². The molecule has 2 N–H and O–H groups in total. The minimum Gasteiger partial charge on any atom is -0.494 e. The molecule has 8 bridgehead atoms. The lowest BCUT2D eigenvalue weighted by atomic mass is 9.86. The van der Waals surface area contributed by atoms with E-state index >= 15 is 0 Å². The molecule has 0 saturated carbocycles. The van der Waals surface area contributed by atoms with E-state index in [4.69, 9.17) is 14.7 Å². The number of rotatable bonds is 16. The minimum absolute atomic E-state index is 0.0184. The van der Waals surface area contributed by atoms with Gasteiger partial charge in [0.2, 0.25) is 0 Å². The molecule has 6 heteroatoms. The molecule has 5 heterocycles. The van der Waals surface area contributed by atoms with Gasteiger partial charge in [-0.25, -0.2) is 9.97 Å². The maximum absolute atomic E-state index is 6.34. The molecule has 0 radical (unpaired) electrons. The zero-order chi connectivity index (χ0) is 51.3. The van der Waals surface area contributed by atoms with Crippen LogP contribution in [-0.4, -0.2) is 32.3 Å². The zero-order valence-electron chi connectivity index (χ0n) is 44.9. The van der Waals surface area contributed by atoms with Crippen LogP contribution in [0.25, 0.3) is 90.9 Å². The molecule has 0 saturated heterocycles. The number of thiol groups is 1. The number of unbranched alkanes of at least 4 members (excludes halogenated alkanes) is 8. The first-order valence-electron chi connectivity index (χ1n) is 26.9. The van der Waals surface area contributed by atoms with Gasteiger partial charge in [0.15, 0.2) is 0 Å². The number of nitrogens with zero attached hydrogens (tertiary/aromatic N) is 2. The summed E-state index contributed by atoms with van der Waals surface area (Å²) in [7, 11) is 0. The highest BCUT2D eigenvalue weighted by Gasteiger charge is 2.22. The summed E-state index contributed by atoms with van der Waals surface area (Å²) in [6, 6.07) is 44.5. The second kappa shape index (κ2) is 22.0. The normalized spacial score (nSPS) is 12.7. The van der Waals surface area contributed by atoms with Gasteiger partial charge >= 0.3 is 0 Å². The number of ether oxygens (including phenoxy) is 1. The fraction of sp³-hybridized carbons (Fsp3) is 0.343. The molecular weight excluding hydrogens is 909 g/mol. The Morgan fingerprint density at radius 1 is 0.356 bits per heavy atom. The molecular formula is C67H76N4OS. The van der Waals surface area contributed by atoms with Gasteiger partial charge < -0.3 is 14.7 Å². The van der Waals surface area contributed by atoms with E-state index in [1.165, 1.54) is 68.1 Å². The molecule has 0 fully saturated rings. The average Bonchev–Trinajstić information content (AvgIpc) is 4.22. The van der Waals surface area contributed by atoms with Gasteiger partial charge in [0, 0.05) is 44.3 Å². The lowest BCUT2D eigenvalue weighted by Crippen LogP contribution is -2.10. The van der Waals surface area contributed by atoms with Crippen molar-refractivity contribution in [2.24, 2.45) is 0 Å². The molecule has 2 aliphatic heterocycles. The Morgan fingerprint density at radius 3 is 0.918 bits per heavy atom. The number of nitrogens with one attached hydrogen (secondary N) is 2. The van der Waals surface area contributed by atoms with E-state index in [9.17, 15) is 0 Å². The minimum atomic E-state index is 0.0184. The predicted molar refractivity (Wildman–Crippen MR) is 318 cm³/mol. The molecule has 73 heavy (non-hydrogen) atoms. The summed E-state index contributed by atoms with van der Waals surface area (Å²) in [4.78, 5) is 19.0. The lowest BCUT2D eigenvalue weighted by Gasteiger charge is -2.19. The summed E-state index contributed by atoms with van der Waals surface area (Å²) >= 11 is 4.35. The molecule has 0 atom stereocenters.